The molecule has 5 unspecified atom stereocenters. The van der Waals surface area contributed by atoms with Crippen molar-refractivity contribution < 1.29 is 38.4 Å². The lowest BCUT2D eigenvalue weighted by atomic mass is 9.88. The summed E-state index contributed by atoms with van der Waals surface area (Å²) in [5, 5.41) is 9.67. The zero-order valence-corrected chi connectivity index (χ0v) is 25.8. The van der Waals surface area contributed by atoms with Crippen LogP contribution in [0.4, 0.5) is 4.79 Å². The first-order chi connectivity index (χ1) is 22.4. The number of benzene rings is 3. The van der Waals surface area contributed by atoms with Crippen molar-refractivity contribution in [1.82, 2.24) is 4.90 Å². The fraction of sp³-hybridized carbons (Fsp3) is 0.324. The molecule has 2 aliphatic heterocycles. The van der Waals surface area contributed by atoms with Gasteiger partial charge >= 0.3 is 6.09 Å². The zero-order valence-electron chi connectivity index (χ0n) is 25.8. The largest absolute Gasteiger partial charge is 0.482 e. The molecule has 1 N–H and O–H groups in total. The van der Waals surface area contributed by atoms with Crippen LogP contribution in [0, 0.1) is 5.92 Å². The Kier molecular flexibility index (Phi) is 11.5. The molecule has 0 aromatic heterocycles. The van der Waals surface area contributed by atoms with Crippen molar-refractivity contribution in [3.63, 3.8) is 0 Å². The Morgan fingerprint density at radius 1 is 0.913 bits per heavy atom. The number of cyclic esters (lactones) is 1. The van der Waals surface area contributed by atoms with Gasteiger partial charge in [-0.25, -0.2) is 9.69 Å². The molecule has 0 spiro atoms. The molecule has 9 heteroatoms. The van der Waals surface area contributed by atoms with Crippen molar-refractivity contribution in [3.05, 3.63) is 132 Å². The van der Waals surface area contributed by atoms with Crippen molar-refractivity contribution in [2.45, 2.75) is 50.7 Å². The molecule has 1 saturated heterocycles. The van der Waals surface area contributed by atoms with Crippen LogP contribution in [0.15, 0.2) is 115 Å². The number of aliphatic hydroxyl groups is 1. The van der Waals surface area contributed by atoms with Gasteiger partial charge in [0.05, 0.1) is 38.4 Å². The molecule has 0 radical (unpaired) electrons. The van der Waals surface area contributed by atoms with Gasteiger partial charge in [-0.05, 0) is 54.7 Å². The van der Waals surface area contributed by atoms with E-state index in [2.05, 4.69) is 0 Å². The Morgan fingerprint density at radius 2 is 1.57 bits per heavy atom. The van der Waals surface area contributed by atoms with E-state index in [0.717, 1.165) is 21.6 Å². The number of nitrogens with zero attached hydrogens (tertiary/aromatic N) is 1. The summed E-state index contributed by atoms with van der Waals surface area (Å²) < 4.78 is 23.3. The molecule has 2 amide bonds. The average molecular weight is 626 g/mol. The minimum atomic E-state index is -1.13. The monoisotopic (exact) mass is 625 g/mol. The molecule has 46 heavy (non-hydrogen) atoms. The number of ketones is 1. The molecule has 0 aliphatic carbocycles. The van der Waals surface area contributed by atoms with Gasteiger partial charge < -0.3 is 24.1 Å². The lowest BCUT2D eigenvalue weighted by molar-refractivity contribution is -0.143. The van der Waals surface area contributed by atoms with Gasteiger partial charge in [-0.15, -0.1) is 0 Å². The minimum absolute atomic E-state index is 0.171. The molecular formula is C37H39NO8. The van der Waals surface area contributed by atoms with Crippen LogP contribution in [0.5, 0.6) is 0 Å². The summed E-state index contributed by atoms with van der Waals surface area (Å²) in [6.07, 6.45) is 2.45. The van der Waals surface area contributed by atoms with Crippen LogP contribution in [0.2, 0.25) is 0 Å². The SMILES string of the molecule is CC1C(c2ccccc2)OC(=O)N1C(=O)C(Cc1ccccc1)C1OC(=CCCOCC(CO)OCc2ccccc2)C=CC1=O. The normalized spacial score (nSPS) is 21.6. The van der Waals surface area contributed by atoms with Gasteiger partial charge in [0.1, 0.15) is 18.0 Å². The van der Waals surface area contributed by atoms with Crippen LogP contribution in [0.1, 0.15) is 36.1 Å². The van der Waals surface area contributed by atoms with Gasteiger partial charge in [-0.2, -0.15) is 0 Å². The third-order valence-corrected chi connectivity index (χ3v) is 8.02. The molecule has 1 fully saturated rings. The van der Waals surface area contributed by atoms with E-state index in [4.69, 9.17) is 18.9 Å². The highest BCUT2D eigenvalue weighted by molar-refractivity contribution is 6.02. The molecule has 0 saturated carbocycles. The molecule has 5 rings (SSSR count). The Hall–Kier alpha value is -4.57. The maximum Gasteiger partial charge on any atom is 0.417 e. The standard InChI is InChI=1S/C37H39NO8/c1-26-34(29-16-9-4-10-17-29)46-37(42)38(26)36(41)32(22-27-12-5-2-6-13-27)35-33(40)20-19-30(45-35)18-11-21-43-25-31(23-39)44-24-28-14-7-3-8-15-28/h2-10,12-20,26,31-32,34-35,39H,11,21-25H2,1H3. The Labute approximate surface area is 269 Å². The van der Waals surface area contributed by atoms with Gasteiger partial charge in [0.15, 0.2) is 11.9 Å². The highest BCUT2D eigenvalue weighted by Crippen LogP contribution is 2.35. The van der Waals surface area contributed by atoms with E-state index in [9.17, 15) is 19.5 Å². The van der Waals surface area contributed by atoms with Gasteiger partial charge in [0.25, 0.3) is 0 Å². The molecule has 3 aromatic carbocycles. The second-order valence-electron chi connectivity index (χ2n) is 11.3. The Morgan fingerprint density at radius 3 is 2.24 bits per heavy atom. The van der Waals surface area contributed by atoms with E-state index < -0.39 is 42.3 Å². The molecular weight excluding hydrogens is 586 g/mol. The van der Waals surface area contributed by atoms with Crippen molar-refractivity contribution in [3.8, 4) is 0 Å². The summed E-state index contributed by atoms with van der Waals surface area (Å²) in [6, 6.07) is 27.7. The molecule has 2 aliphatic rings. The third-order valence-electron chi connectivity index (χ3n) is 8.02. The zero-order chi connectivity index (χ0) is 32.3. The predicted octanol–water partition coefficient (Wildman–Crippen LogP) is 5.35. The number of carbonyl (C=O) groups is 3. The number of allylic oxidation sites excluding steroid dienone is 1. The number of hydrogen-bond donors (Lipinski definition) is 1. The molecule has 9 nitrogen and oxygen atoms in total. The number of hydrogen-bond acceptors (Lipinski definition) is 8. The van der Waals surface area contributed by atoms with Crippen molar-refractivity contribution in [2.24, 2.45) is 5.92 Å². The molecule has 2 heterocycles. The highest BCUT2D eigenvalue weighted by atomic mass is 16.6. The van der Waals surface area contributed by atoms with E-state index in [-0.39, 0.29) is 25.4 Å². The second-order valence-corrected chi connectivity index (χ2v) is 11.3. The minimum Gasteiger partial charge on any atom is -0.482 e. The summed E-state index contributed by atoms with van der Waals surface area (Å²) in [6.45, 7) is 2.51. The fourth-order valence-corrected chi connectivity index (χ4v) is 5.56. The van der Waals surface area contributed by atoms with E-state index in [0.29, 0.717) is 25.4 Å². The van der Waals surface area contributed by atoms with E-state index >= 15 is 0 Å². The van der Waals surface area contributed by atoms with Crippen molar-refractivity contribution in [2.75, 3.05) is 19.8 Å². The van der Waals surface area contributed by atoms with E-state index in [1.54, 1.807) is 19.1 Å². The number of aliphatic hydroxyl groups excluding tert-OH is 1. The summed E-state index contributed by atoms with van der Waals surface area (Å²) in [5.74, 6) is -1.43. The fourth-order valence-electron chi connectivity index (χ4n) is 5.56. The second kappa shape index (κ2) is 16.1. The van der Waals surface area contributed by atoms with Crippen molar-refractivity contribution in [1.29, 1.82) is 0 Å². The van der Waals surface area contributed by atoms with Crippen LogP contribution in [-0.2, 0) is 41.6 Å². The average Bonchev–Trinajstić information content (AvgIpc) is 3.39. The molecule has 3 aromatic rings. The quantitative estimate of drug-likeness (QED) is 0.239. The first-order valence-corrected chi connectivity index (χ1v) is 15.5. The highest BCUT2D eigenvalue weighted by Gasteiger charge is 2.48. The lowest BCUT2D eigenvalue weighted by Gasteiger charge is -2.31. The summed E-state index contributed by atoms with van der Waals surface area (Å²) >= 11 is 0. The van der Waals surface area contributed by atoms with Gasteiger partial charge in [-0.1, -0.05) is 91.0 Å². The third kappa shape index (κ3) is 8.37. The lowest BCUT2D eigenvalue weighted by Crippen LogP contribution is -2.48. The van der Waals surface area contributed by atoms with Gasteiger partial charge in [-0.3, -0.25) is 9.59 Å². The summed E-state index contributed by atoms with van der Waals surface area (Å²) in [7, 11) is 0. The van der Waals surface area contributed by atoms with Gasteiger partial charge in [0.2, 0.25) is 5.91 Å². The first-order valence-electron chi connectivity index (χ1n) is 15.5. The number of rotatable bonds is 14. The van der Waals surface area contributed by atoms with Gasteiger partial charge in [0, 0.05) is 0 Å². The maximum atomic E-state index is 14.1. The van der Waals surface area contributed by atoms with Crippen LogP contribution >= 0.6 is 0 Å². The van der Waals surface area contributed by atoms with Crippen LogP contribution in [-0.4, -0.2) is 65.9 Å². The Balaban J connectivity index is 1.23. The first kappa shape index (κ1) is 32.8. The van der Waals surface area contributed by atoms with Crippen LogP contribution in [0.25, 0.3) is 0 Å². The Bertz CT molecular complexity index is 1510. The predicted molar refractivity (Wildman–Crippen MR) is 170 cm³/mol. The number of imide groups is 1. The van der Waals surface area contributed by atoms with E-state index in [1.807, 2.05) is 91.0 Å². The summed E-state index contributed by atoms with van der Waals surface area (Å²) in [5.41, 5.74) is 2.62. The van der Waals surface area contributed by atoms with E-state index in [1.165, 1.54) is 6.08 Å². The topological polar surface area (TPSA) is 112 Å². The number of ether oxygens (including phenoxy) is 4. The molecule has 0 bridgehead atoms. The summed E-state index contributed by atoms with van der Waals surface area (Å²) in [4.78, 5) is 41.5. The smallest absolute Gasteiger partial charge is 0.417 e. The molecule has 5 atom stereocenters. The number of carbonyl (C=O) groups excluding carboxylic acids is 3. The molecule has 240 valence electrons. The van der Waals surface area contributed by atoms with Crippen LogP contribution in [0.3, 0.4) is 0 Å². The van der Waals surface area contributed by atoms with Crippen molar-refractivity contribution >= 4 is 17.8 Å². The number of amides is 2. The maximum absolute atomic E-state index is 14.1. The van der Waals surface area contributed by atoms with Crippen LogP contribution < -0.4 is 0 Å².